The molecule has 0 aliphatic rings. The lowest BCUT2D eigenvalue weighted by molar-refractivity contribution is -0.136. The largest absolute Gasteiger partial charge is 0.394 e. The molecule has 98 valence electrons. The molecule has 0 fully saturated rings. The van der Waals surface area contributed by atoms with E-state index in [1.54, 1.807) is 18.7 Å². The van der Waals surface area contributed by atoms with E-state index < -0.39 is 31.0 Å². The van der Waals surface area contributed by atoms with Gasteiger partial charge in [0.25, 0.3) is 0 Å². The van der Waals surface area contributed by atoms with Crippen molar-refractivity contribution in [3.63, 3.8) is 0 Å². The molecule has 1 aromatic heterocycles. The van der Waals surface area contributed by atoms with Crippen molar-refractivity contribution in [2.75, 3.05) is 6.61 Å². The molecule has 0 aromatic carbocycles. The van der Waals surface area contributed by atoms with Crippen LogP contribution in [-0.4, -0.2) is 72.8 Å². The number of aliphatic hydroxyl groups excluding tert-OH is 5. The topological polar surface area (TPSA) is 147 Å². The van der Waals surface area contributed by atoms with Gasteiger partial charge in [0.2, 0.25) is 0 Å². The number of aromatic amines is 1. The van der Waals surface area contributed by atoms with Crippen LogP contribution in [0.25, 0.3) is 0 Å². The molecule has 0 unspecified atom stereocenters. The van der Waals surface area contributed by atoms with Gasteiger partial charge in [-0.25, -0.2) is 4.98 Å². The lowest BCUT2D eigenvalue weighted by Crippen LogP contribution is -2.46. The highest BCUT2D eigenvalue weighted by Gasteiger charge is 2.29. The summed E-state index contributed by atoms with van der Waals surface area (Å²) >= 11 is 0. The molecular formula is C9H16N2O6. The minimum atomic E-state index is -1.79. The van der Waals surface area contributed by atoms with Crippen LogP contribution in [0.4, 0.5) is 0 Å². The minimum absolute atomic E-state index is 0.0258. The fourth-order valence-electron chi connectivity index (χ4n) is 0.833. The lowest BCUT2D eigenvalue weighted by Gasteiger charge is -2.22. The number of hydrogen-bond donors (Lipinski definition) is 6. The zero-order valence-corrected chi connectivity index (χ0v) is 8.92. The predicted octanol–water partition coefficient (Wildman–Crippen LogP) is -2.97. The highest BCUT2D eigenvalue weighted by atomic mass is 16.4. The van der Waals surface area contributed by atoms with Gasteiger partial charge >= 0.3 is 0 Å². The van der Waals surface area contributed by atoms with Crippen LogP contribution >= 0.6 is 0 Å². The Labute approximate surface area is 97.2 Å². The molecule has 1 rings (SSSR count). The van der Waals surface area contributed by atoms with Gasteiger partial charge in [-0.15, -0.1) is 0 Å². The zero-order chi connectivity index (χ0) is 13.3. The first-order chi connectivity index (χ1) is 8.04. The Bertz CT molecular complexity index is 264. The number of aldehydes is 1. The molecule has 8 nitrogen and oxygen atoms in total. The summed E-state index contributed by atoms with van der Waals surface area (Å²) < 4.78 is 0. The fourth-order valence-corrected chi connectivity index (χ4v) is 0.833. The third kappa shape index (κ3) is 6.09. The van der Waals surface area contributed by atoms with Gasteiger partial charge < -0.3 is 35.3 Å². The standard InChI is InChI=1S/C6H12O6.C3H4N2/c7-1-3(9)5(11)6(12)4(10)2-8;1-2-5-3-4-1/h1,3-6,8-12H,2H2;1-3H,(H,4,5)/t3-,4+,5+,6+;/m0./s1. The van der Waals surface area contributed by atoms with Crippen molar-refractivity contribution in [2.45, 2.75) is 24.4 Å². The zero-order valence-electron chi connectivity index (χ0n) is 8.92. The highest BCUT2D eigenvalue weighted by molar-refractivity contribution is 5.56. The van der Waals surface area contributed by atoms with Crippen LogP contribution in [0.5, 0.6) is 0 Å². The molecule has 1 heterocycles. The Hall–Kier alpha value is -1.32. The molecule has 8 heteroatoms. The van der Waals surface area contributed by atoms with Crippen LogP contribution in [0.3, 0.4) is 0 Å². The van der Waals surface area contributed by atoms with Crippen molar-refractivity contribution in [3.8, 4) is 0 Å². The predicted molar refractivity (Wildman–Crippen MR) is 55.8 cm³/mol. The van der Waals surface area contributed by atoms with Gasteiger partial charge in [0.1, 0.15) is 24.4 Å². The first-order valence-electron chi connectivity index (χ1n) is 4.75. The number of imidazole rings is 1. The summed E-state index contributed by atoms with van der Waals surface area (Å²) in [6, 6.07) is 0. The van der Waals surface area contributed by atoms with Gasteiger partial charge in [0.05, 0.1) is 12.9 Å². The molecular weight excluding hydrogens is 232 g/mol. The number of aromatic nitrogens is 2. The number of rotatable bonds is 5. The summed E-state index contributed by atoms with van der Waals surface area (Å²) in [5.41, 5.74) is 0. The van der Waals surface area contributed by atoms with E-state index in [0.717, 1.165) is 0 Å². The summed E-state index contributed by atoms with van der Waals surface area (Å²) in [7, 11) is 0. The normalized spacial score (nSPS) is 17.2. The maximum absolute atomic E-state index is 9.90. The van der Waals surface area contributed by atoms with E-state index in [4.69, 9.17) is 25.5 Å². The molecule has 0 aliphatic heterocycles. The summed E-state index contributed by atoms with van der Waals surface area (Å²) in [6.07, 6.45) is -1.76. The second-order valence-electron chi connectivity index (χ2n) is 3.12. The van der Waals surface area contributed by atoms with Crippen LogP contribution in [0.2, 0.25) is 0 Å². The Balaban J connectivity index is 0.000000419. The van der Waals surface area contributed by atoms with E-state index in [1.165, 1.54) is 0 Å². The van der Waals surface area contributed by atoms with Gasteiger partial charge in [-0.05, 0) is 0 Å². The van der Waals surface area contributed by atoms with Gasteiger partial charge in [0.15, 0.2) is 6.29 Å². The van der Waals surface area contributed by atoms with Crippen LogP contribution in [0.1, 0.15) is 0 Å². The van der Waals surface area contributed by atoms with E-state index in [2.05, 4.69) is 9.97 Å². The van der Waals surface area contributed by atoms with E-state index in [9.17, 15) is 4.79 Å². The van der Waals surface area contributed by atoms with Crippen molar-refractivity contribution in [1.82, 2.24) is 9.97 Å². The van der Waals surface area contributed by atoms with Crippen LogP contribution in [0.15, 0.2) is 18.7 Å². The molecule has 0 spiro atoms. The molecule has 0 aliphatic carbocycles. The van der Waals surface area contributed by atoms with E-state index in [-0.39, 0.29) is 6.29 Å². The number of aliphatic hydroxyl groups is 5. The molecule has 0 amide bonds. The van der Waals surface area contributed by atoms with Crippen molar-refractivity contribution >= 4 is 6.29 Å². The Morgan fingerprint density at radius 3 is 2.18 bits per heavy atom. The second-order valence-corrected chi connectivity index (χ2v) is 3.12. The van der Waals surface area contributed by atoms with Gasteiger partial charge in [-0.1, -0.05) is 0 Å². The Kier molecular flexibility index (Phi) is 8.11. The van der Waals surface area contributed by atoms with Gasteiger partial charge in [0, 0.05) is 12.4 Å². The van der Waals surface area contributed by atoms with Gasteiger partial charge in [-0.3, -0.25) is 0 Å². The van der Waals surface area contributed by atoms with Crippen LogP contribution in [-0.2, 0) is 4.79 Å². The molecule has 4 atom stereocenters. The van der Waals surface area contributed by atoms with E-state index >= 15 is 0 Å². The maximum Gasteiger partial charge on any atom is 0.151 e. The van der Waals surface area contributed by atoms with E-state index in [1.807, 2.05) is 0 Å². The number of nitrogens with one attached hydrogen (secondary N) is 1. The van der Waals surface area contributed by atoms with Crippen LogP contribution < -0.4 is 0 Å². The Morgan fingerprint density at radius 1 is 1.24 bits per heavy atom. The van der Waals surface area contributed by atoms with Crippen molar-refractivity contribution in [2.24, 2.45) is 0 Å². The summed E-state index contributed by atoms with van der Waals surface area (Å²) in [6.45, 7) is -0.760. The second kappa shape index (κ2) is 8.79. The quantitative estimate of drug-likeness (QED) is 0.305. The van der Waals surface area contributed by atoms with Crippen LogP contribution in [0, 0.1) is 0 Å². The first kappa shape index (κ1) is 15.7. The number of hydrogen-bond acceptors (Lipinski definition) is 7. The monoisotopic (exact) mass is 248 g/mol. The van der Waals surface area contributed by atoms with E-state index in [0.29, 0.717) is 0 Å². The molecule has 0 radical (unpaired) electrons. The molecule has 0 saturated carbocycles. The Morgan fingerprint density at radius 2 is 1.88 bits per heavy atom. The third-order valence-corrected chi connectivity index (χ3v) is 1.83. The lowest BCUT2D eigenvalue weighted by atomic mass is 10.0. The first-order valence-corrected chi connectivity index (χ1v) is 4.75. The average molecular weight is 248 g/mol. The number of H-pyrrole nitrogens is 1. The third-order valence-electron chi connectivity index (χ3n) is 1.83. The summed E-state index contributed by atoms with van der Waals surface area (Å²) in [5, 5.41) is 43.5. The minimum Gasteiger partial charge on any atom is -0.394 e. The smallest absolute Gasteiger partial charge is 0.151 e. The fraction of sp³-hybridized carbons (Fsp3) is 0.556. The maximum atomic E-state index is 9.90. The molecule has 0 bridgehead atoms. The number of carbonyl (C=O) groups is 1. The summed E-state index contributed by atoms with van der Waals surface area (Å²) in [5.74, 6) is 0. The molecule has 1 aromatic rings. The summed E-state index contributed by atoms with van der Waals surface area (Å²) in [4.78, 5) is 16.3. The van der Waals surface area contributed by atoms with Crippen molar-refractivity contribution < 1.29 is 30.3 Å². The SMILES string of the molecule is O=C[C@H](O)[C@@H](O)[C@H](O)[C@H](O)CO.c1c[nH]cn1. The molecule has 6 N–H and O–H groups in total. The highest BCUT2D eigenvalue weighted by Crippen LogP contribution is 2.02. The molecule has 0 saturated heterocycles. The van der Waals surface area contributed by atoms with Crippen molar-refractivity contribution in [3.05, 3.63) is 18.7 Å². The average Bonchev–Trinajstić information content (AvgIpc) is 2.93. The molecule has 17 heavy (non-hydrogen) atoms. The number of carbonyl (C=O) groups excluding carboxylic acids is 1. The van der Waals surface area contributed by atoms with Crippen molar-refractivity contribution in [1.29, 1.82) is 0 Å². The number of nitrogens with zero attached hydrogens (tertiary/aromatic N) is 1. The van der Waals surface area contributed by atoms with Gasteiger partial charge in [-0.2, -0.15) is 0 Å².